The second kappa shape index (κ2) is 4.23. The molecule has 5 heteroatoms. The first kappa shape index (κ1) is 10.9. The van der Waals surface area contributed by atoms with Gasteiger partial charge in [0.2, 0.25) is 0 Å². The minimum absolute atomic E-state index is 0.0278. The van der Waals surface area contributed by atoms with Gasteiger partial charge in [-0.3, -0.25) is 9.20 Å². The molecule has 2 aromatic rings. The average molecular weight is 294 g/mol. The highest BCUT2D eigenvalue weighted by atomic mass is 79.9. The topological polar surface area (TPSA) is 46.4 Å². The largest absolute Gasteiger partial charge is 0.309 e. The summed E-state index contributed by atoms with van der Waals surface area (Å²) in [6, 6.07) is 5.57. The molecule has 1 unspecified atom stereocenters. The van der Waals surface area contributed by atoms with Gasteiger partial charge in [0.05, 0.1) is 10.2 Å². The summed E-state index contributed by atoms with van der Waals surface area (Å²) in [4.78, 5) is 16.6. The first-order valence-electron chi connectivity index (χ1n) is 5.67. The third kappa shape index (κ3) is 1.89. The van der Waals surface area contributed by atoms with Crippen LogP contribution < -0.4 is 10.9 Å². The number of halogens is 1. The fourth-order valence-corrected chi connectivity index (χ4v) is 2.66. The van der Waals surface area contributed by atoms with Gasteiger partial charge in [-0.05, 0) is 47.4 Å². The van der Waals surface area contributed by atoms with Gasteiger partial charge in [0.1, 0.15) is 0 Å². The van der Waals surface area contributed by atoms with Crippen LogP contribution >= 0.6 is 15.9 Å². The Kier molecular flexibility index (Phi) is 2.72. The Balaban J connectivity index is 2.22. The fraction of sp³-hybridized carbons (Fsp3) is 0.333. The predicted octanol–water partition coefficient (Wildman–Crippen LogP) is 1.88. The van der Waals surface area contributed by atoms with Gasteiger partial charge in [0.25, 0.3) is 5.56 Å². The van der Waals surface area contributed by atoms with Crippen LogP contribution in [-0.4, -0.2) is 15.9 Å². The molecule has 1 fully saturated rings. The minimum atomic E-state index is -0.0278. The molecule has 1 aliphatic heterocycles. The van der Waals surface area contributed by atoms with E-state index in [-0.39, 0.29) is 11.6 Å². The van der Waals surface area contributed by atoms with E-state index in [0.29, 0.717) is 5.65 Å². The van der Waals surface area contributed by atoms with Gasteiger partial charge in [0.15, 0.2) is 5.65 Å². The summed E-state index contributed by atoms with van der Waals surface area (Å²) in [5, 5.41) is 3.36. The van der Waals surface area contributed by atoms with E-state index in [9.17, 15) is 4.79 Å². The van der Waals surface area contributed by atoms with E-state index in [1.54, 1.807) is 16.7 Å². The molecule has 17 heavy (non-hydrogen) atoms. The van der Waals surface area contributed by atoms with Crippen molar-refractivity contribution in [3.05, 3.63) is 44.9 Å². The van der Waals surface area contributed by atoms with Gasteiger partial charge in [-0.25, -0.2) is 4.98 Å². The van der Waals surface area contributed by atoms with Gasteiger partial charge in [-0.15, -0.1) is 0 Å². The lowest BCUT2D eigenvalue weighted by Gasteiger charge is -2.10. The zero-order chi connectivity index (χ0) is 11.8. The Morgan fingerprint density at radius 3 is 3.18 bits per heavy atom. The minimum Gasteiger partial charge on any atom is -0.309 e. The molecule has 0 bridgehead atoms. The zero-order valence-electron chi connectivity index (χ0n) is 9.19. The number of nitrogens with one attached hydrogen (secondary N) is 1. The maximum absolute atomic E-state index is 12.0. The Bertz CT molecular complexity index is 617. The van der Waals surface area contributed by atoms with Crippen molar-refractivity contribution >= 4 is 21.6 Å². The van der Waals surface area contributed by atoms with E-state index >= 15 is 0 Å². The van der Waals surface area contributed by atoms with Crippen molar-refractivity contribution in [2.45, 2.75) is 18.9 Å². The molecule has 3 rings (SSSR count). The Morgan fingerprint density at radius 1 is 1.53 bits per heavy atom. The van der Waals surface area contributed by atoms with Crippen LogP contribution in [0.15, 0.2) is 33.7 Å². The molecule has 2 aromatic heterocycles. The molecule has 1 N–H and O–H groups in total. The highest BCUT2D eigenvalue weighted by molar-refractivity contribution is 9.10. The monoisotopic (exact) mass is 293 g/mol. The maximum atomic E-state index is 12.0. The van der Waals surface area contributed by atoms with Crippen molar-refractivity contribution in [3.63, 3.8) is 0 Å². The number of hydrogen-bond donors (Lipinski definition) is 1. The summed E-state index contributed by atoms with van der Waals surface area (Å²) in [5.74, 6) is 0. The van der Waals surface area contributed by atoms with Crippen molar-refractivity contribution in [1.82, 2.24) is 14.7 Å². The highest BCUT2D eigenvalue weighted by Crippen LogP contribution is 2.22. The lowest BCUT2D eigenvalue weighted by atomic mass is 10.1. The van der Waals surface area contributed by atoms with E-state index < -0.39 is 0 Å². The Labute approximate surface area is 107 Å². The van der Waals surface area contributed by atoms with Crippen LogP contribution in [0.5, 0.6) is 0 Å². The highest BCUT2D eigenvalue weighted by Gasteiger charge is 2.19. The molecule has 1 saturated heterocycles. The Morgan fingerprint density at radius 2 is 2.41 bits per heavy atom. The molecule has 0 saturated carbocycles. The van der Waals surface area contributed by atoms with Gasteiger partial charge in [-0.1, -0.05) is 0 Å². The van der Waals surface area contributed by atoms with Gasteiger partial charge in [0, 0.05) is 18.3 Å². The molecule has 88 valence electrons. The van der Waals surface area contributed by atoms with Gasteiger partial charge < -0.3 is 5.32 Å². The van der Waals surface area contributed by atoms with Crippen LogP contribution in [0.1, 0.15) is 24.6 Å². The number of hydrogen-bond acceptors (Lipinski definition) is 3. The molecule has 1 atom stereocenters. The van der Waals surface area contributed by atoms with Crippen LogP contribution in [-0.2, 0) is 0 Å². The normalized spacial score (nSPS) is 19.9. The van der Waals surface area contributed by atoms with Crippen LogP contribution in [0.3, 0.4) is 0 Å². The number of rotatable bonds is 1. The quantitative estimate of drug-likeness (QED) is 0.873. The molecule has 3 heterocycles. The zero-order valence-corrected chi connectivity index (χ0v) is 10.8. The number of fused-ring (bicyclic) bond motifs is 1. The summed E-state index contributed by atoms with van der Waals surface area (Å²) >= 11 is 3.43. The van der Waals surface area contributed by atoms with Gasteiger partial charge >= 0.3 is 0 Å². The second-order valence-electron chi connectivity index (χ2n) is 4.22. The number of nitrogens with zero attached hydrogens (tertiary/aromatic N) is 2. The summed E-state index contributed by atoms with van der Waals surface area (Å²) in [6.45, 7) is 1.00. The van der Waals surface area contributed by atoms with Crippen molar-refractivity contribution in [2.75, 3.05) is 6.54 Å². The first-order valence-corrected chi connectivity index (χ1v) is 6.46. The van der Waals surface area contributed by atoms with Gasteiger partial charge in [-0.2, -0.15) is 0 Å². The molecule has 4 nitrogen and oxygen atoms in total. The van der Waals surface area contributed by atoms with Crippen LogP contribution in [0, 0.1) is 0 Å². The lowest BCUT2D eigenvalue weighted by Crippen LogP contribution is -2.21. The molecule has 0 aliphatic carbocycles. The molecule has 0 radical (unpaired) electrons. The molecular formula is C12H12BrN3O. The summed E-state index contributed by atoms with van der Waals surface area (Å²) in [5.41, 5.74) is 1.50. The fourth-order valence-electron chi connectivity index (χ4n) is 2.23. The first-order chi connectivity index (χ1) is 8.25. The summed E-state index contributed by atoms with van der Waals surface area (Å²) in [7, 11) is 0. The molecule has 0 amide bonds. The SMILES string of the molecule is O=c1cc(C2CCCN2)nc2c(Br)cccn12. The van der Waals surface area contributed by atoms with E-state index in [2.05, 4.69) is 26.2 Å². The van der Waals surface area contributed by atoms with E-state index in [1.165, 1.54) is 0 Å². The number of aromatic nitrogens is 2. The third-order valence-corrected chi connectivity index (χ3v) is 3.70. The second-order valence-corrected chi connectivity index (χ2v) is 5.07. The predicted molar refractivity (Wildman–Crippen MR) is 69.1 cm³/mol. The van der Waals surface area contributed by atoms with Crippen LogP contribution in [0.25, 0.3) is 5.65 Å². The third-order valence-electron chi connectivity index (χ3n) is 3.08. The van der Waals surface area contributed by atoms with E-state index in [0.717, 1.165) is 29.6 Å². The van der Waals surface area contributed by atoms with Crippen molar-refractivity contribution < 1.29 is 0 Å². The molecular weight excluding hydrogens is 282 g/mol. The van der Waals surface area contributed by atoms with Crippen molar-refractivity contribution in [2.24, 2.45) is 0 Å². The lowest BCUT2D eigenvalue weighted by molar-refractivity contribution is 0.626. The average Bonchev–Trinajstić information content (AvgIpc) is 2.84. The van der Waals surface area contributed by atoms with Crippen LogP contribution in [0.2, 0.25) is 0 Å². The van der Waals surface area contributed by atoms with Crippen molar-refractivity contribution in [3.8, 4) is 0 Å². The molecule has 0 aromatic carbocycles. The molecule has 0 spiro atoms. The Hall–Kier alpha value is -1.20. The van der Waals surface area contributed by atoms with Crippen LogP contribution in [0.4, 0.5) is 0 Å². The smallest absolute Gasteiger partial charge is 0.258 e. The molecule has 1 aliphatic rings. The summed E-state index contributed by atoms with van der Waals surface area (Å²) < 4.78 is 2.40. The summed E-state index contributed by atoms with van der Waals surface area (Å²) in [6.07, 6.45) is 3.93. The van der Waals surface area contributed by atoms with E-state index in [4.69, 9.17) is 0 Å². The van der Waals surface area contributed by atoms with E-state index in [1.807, 2.05) is 12.1 Å². The van der Waals surface area contributed by atoms with Crippen molar-refractivity contribution in [1.29, 1.82) is 0 Å². The maximum Gasteiger partial charge on any atom is 0.258 e. The standard InChI is InChI=1S/C12H12BrN3O/c13-8-3-2-6-16-11(17)7-10(15-12(8)16)9-4-1-5-14-9/h2-3,6-7,9,14H,1,4-5H2. The number of pyridine rings is 1.